The third-order valence-corrected chi connectivity index (χ3v) is 2.66. The smallest absolute Gasteiger partial charge is 0.254 e. The Labute approximate surface area is 102 Å². The zero-order valence-corrected chi connectivity index (χ0v) is 10.4. The monoisotopic (exact) mass is 289 g/mol. The fraction of sp³-hybridized carbons (Fsp3) is 0.364. The standard InChI is InChI=1S/C11H13BrFNO2/c1-7(15)5-6-14-11(16)8-3-2-4-9(12)10(8)13/h2-4,7,15H,5-6H2,1H3,(H,14,16). The van der Waals surface area contributed by atoms with Gasteiger partial charge in [0.2, 0.25) is 0 Å². The Hall–Kier alpha value is -0.940. The van der Waals surface area contributed by atoms with Gasteiger partial charge in [-0.1, -0.05) is 6.07 Å². The van der Waals surface area contributed by atoms with E-state index in [1.165, 1.54) is 12.1 Å². The van der Waals surface area contributed by atoms with Gasteiger partial charge in [-0.05, 0) is 41.4 Å². The van der Waals surface area contributed by atoms with Crippen molar-refractivity contribution in [2.75, 3.05) is 6.54 Å². The van der Waals surface area contributed by atoms with Crippen molar-refractivity contribution < 1.29 is 14.3 Å². The fourth-order valence-electron chi connectivity index (χ4n) is 1.17. The molecule has 2 N–H and O–H groups in total. The molecule has 1 aromatic carbocycles. The van der Waals surface area contributed by atoms with Gasteiger partial charge in [0.05, 0.1) is 16.1 Å². The molecule has 0 saturated carbocycles. The first-order valence-corrected chi connectivity index (χ1v) is 5.72. The zero-order chi connectivity index (χ0) is 12.1. The molecule has 1 rings (SSSR count). The summed E-state index contributed by atoms with van der Waals surface area (Å²) in [6.07, 6.45) is -0.0332. The van der Waals surface area contributed by atoms with Crippen LogP contribution in [0.25, 0.3) is 0 Å². The molecule has 0 aromatic heterocycles. The Bertz CT molecular complexity index is 382. The summed E-state index contributed by atoms with van der Waals surface area (Å²) in [5, 5.41) is 11.5. The van der Waals surface area contributed by atoms with Crippen LogP contribution in [0.4, 0.5) is 4.39 Å². The van der Waals surface area contributed by atoms with Crippen LogP contribution in [0.5, 0.6) is 0 Å². The number of rotatable bonds is 4. The lowest BCUT2D eigenvalue weighted by molar-refractivity contribution is 0.0941. The van der Waals surface area contributed by atoms with E-state index in [1.54, 1.807) is 13.0 Å². The maximum absolute atomic E-state index is 13.5. The van der Waals surface area contributed by atoms with Gasteiger partial charge in [-0.25, -0.2) is 4.39 Å². The Morgan fingerprint density at radius 3 is 2.94 bits per heavy atom. The molecule has 0 aliphatic carbocycles. The first-order valence-electron chi connectivity index (χ1n) is 4.92. The van der Waals surface area contributed by atoms with Crippen molar-refractivity contribution in [3.63, 3.8) is 0 Å². The minimum Gasteiger partial charge on any atom is -0.393 e. The first-order chi connectivity index (χ1) is 7.52. The highest BCUT2D eigenvalue weighted by Gasteiger charge is 2.13. The molecule has 5 heteroatoms. The van der Waals surface area contributed by atoms with Crippen molar-refractivity contribution in [2.24, 2.45) is 0 Å². The molecule has 16 heavy (non-hydrogen) atoms. The van der Waals surface area contributed by atoms with Crippen LogP contribution in [0.2, 0.25) is 0 Å². The van der Waals surface area contributed by atoms with Crippen LogP contribution in [0.3, 0.4) is 0 Å². The predicted molar refractivity (Wildman–Crippen MR) is 62.7 cm³/mol. The van der Waals surface area contributed by atoms with Crippen LogP contribution in [0.1, 0.15) is 23.7 Å². The molecule has 0 aliphatic rings. The van der Waals surface area contributed by atoms with Crippen molar-refractivity contribution in [3.8, 4) is 0 Å². The topological polar surface area (TPSA) is 49.3 Å². The minimum atomic E-state index is -0.572. The SMILES string of the molecule is CC(O)CCNC(=O)c1cccc(Br)c1F. The van der Waals surface area contributed by atoms with E-state index >= 15 is 0 Å². The van der Waals surface area contributed by atoms with Gasteiger partial charge in [-0.3, -0.25) is 4.79 Å². The van der Waals surface area contributed by atoms with E-state index in [0.717, 1.165) is 0 Å². The van der Waals surface area contributed by atoms with E-state index < -0.39 is 17.8 Å². The van der Waals surface area contributed by atoms with Crippen molar-refractivity contribution in [3.05, 3.63) is 34.1 Å². The first kappa shape index (κ1) is 13.1. The van der Waals surface area contributed by atoms with Crippen LogP contribution in [-0.2, 0) is 0 Å². The number of amides is 1. The molecule has 1 atom stereocenters. The van der Waals surface area contributed by atoms with Gasteiger partial charge >= 0.3 is 0 Å². The minimum absolute atomic E-state index is 0.0000298. The zero-order valence-electron chi connectivity index (χ0n) is 8.84. The van der Waals surface area contributed by atoms with Crippen LogP contribution in [0, 0.1) is 5.82 Å². The number of hydrogen-bond acceptors (Lipinski definition) is 2. The number of carbonyl (C=O) groups is 1. The second kappa shape index (κ2) is 5.96. The van der Waals surface area contributed by atoms with E-state index in [9.17, 15) is 9.18 Å². The van der Waals surface area contributed by atoms with Gasteiger partial charge in [-0.2, -0.15) is 0 Å². The molecule has 1 aromatic rings. The number of halogens is 2. The van der Waals surface area contributed by atoms with E-state index in [1.807, 2.05) is 0 Å². The largest absolute Gasteiger partial charge is 0.393 e. The molecule has 0 spiro atoms. The summed E-state index contributed by atoms with van der Waals surface area (Å²) in [5.74, 6) is -1.04. The molecule has 3 nitrogen and oxygen atoms in total. The van der Waals surface area contributed by atoms with Crippen LogP contribution >= 0.6 is 15.9 Å². The second-order valence-corrected chi connectivity index (χ2v) is 4.35. The molecular weight excluding hydrogens is 277 g/mol. The quantitative estimate of drug-likeness (QED) is 0.892. The van der Waals surface area contributed by atoms with Gasteiger partial charge in [0.15, 0.2) is 0 Å². The predicted octanol–water partition coefficient (Wildman–Crippen LogP) is 2.09. The highest BCUT2D eigenvalue weighted by Crippen LogP contribution is 2.18. The lowest BCUT2D eigenvalue weighted by atomic mass is 10.2. The molecule has 0 fully saturated rings. The number of carbonyl (C=O) groups excluding carboxylic acids is 1. The summed E-state index contributed by atoms with van der Waals surface area (Å²) in [7, 11) is 0. The number of hydrogen-bond donors (Lipinski definition) is 2. The van der Waals surface area contributed by atoms with Crippen molar-refractivity contribution in [1.29, 1.82) is 0 Å². The Morgan fingerprint density at radius 2 is 2.31 bits per heavy atom. The molecule has 0 saturated heterocycles. The average Bonchev–Trinajstić information content (AvgIpc) is 2.21. The van der Waals surface area contributed by atoms with Crippen LogP contribution < -0.4 is 5.32 Å². The molecule has 0 radical (unpaired) electrons. The fourth-order valence-corrected chi connectivity index (χ4v) is 1.54. The number of benzene rings is 1. The molecular formula is C11H13BrFNO2. The third kappa shape index (κ3) is 3.57. The number of aliphatic hydroxyl groups excluding tert-OH is 1. The van der Waals surface area contributed by atoms with Crippen LogP contribution in [-0.4, -0.2) is 23.7 Å². The molecule has 1 unspecified atom stereocenters. The average molecular weight is 290 g/mol. The van der Waals surface area contributed by atoms with Gasteiger partial charge in [0.25, 0.3) is 5.91 Å². The Kier molecular flexibility index (Phi) is 4.89. The summed E-state index contributed by atoms with van der Waals surface area (Å²) in [4.78, 5) is 11.5. The Morgan fingerprint density at radius 1 is 1.62 bits per heavy atom. The molecule has 0 bridgehead atoms. The molecule has 88 valence electrons. The maximum atomic E-state index is 13.5. The maximum Gasteiger partial charge on any atom is 0.254 e. The highest BCUT2D eigenvalue weighted by molar-refractivity contribution is 9.10. The molecule has 0 aliphatic heterocycles. The summed E-state index contributed by atoms with van der Waals surface area (Å²) in [6.45, 7) is 1.95. The van der Waals surface area contributed by atoms with Crippen molar-refractivity contribution in [1.82, 2.24) is 5.32 Å². The van der Waals surface area contributed by atoms with Crippen LogP contribution in [0.15, 0.2) is 22.7 Å². The molecule has 0 heterocycles. The lowest BCUT2D eigenvalue weighted by Gasteiger charge is -2.07. The van der Waals surface area contributed by atoms with E-state index in [4.69, 9.17) is 5.11 Å². The molecule has 1 amide bonds. The van der Waals surface area contributed by atoms with Gasteiger partial charge in [-0.15, -0.1) is 0 Å². The van der Waals surface area contributed by atoms with E-state index in [2.05, 4.69) is 21.2 Å². The number of aliphatic hydroxyl groups is 1. The highest BCUT2D eigenvalue weighted by atomic mass is 79.9. The summed E-state index contributed by atoms with van der Waals surface area (Å²) >= 11 is 3.01. The normalized spacial score (nSPS) is 12.2. The Balaban J connectivity index is 2.63. The van der Waals surface area contributed by atoms with Crippen molar-refractivity contribution >= 4 is 21.8 Å². The summed E-state index contributed by atoms with van der Waals surface area (Å²) in [5.41, 5.74) is -0.0000298. The second-order valence-electron chi connectivity index (χ2n) is 3.49. The van der Waals surface area contributed by atoms with Gasteiger partial charge in [0.1, 0.15) is 5.82 Å². The number of nitrogens with one attached hydrogen (secondary N) is 1. The van der Waals surface area contributed by atoms with E-state index in [0.29, 0.717) is 13.0 Å². The van der Waals surface area contributed by atoms with E-state index in [-0.39, 0.29) is 10.0 Å². The lowest BCUT2D eigenvalue weighted by Crippen LogP contribution is -2.27. The van der Waals surface area contributed by atoms with Gasteiger partial charge < -0.3 is 10.4 Å². The third-order valence-electron chi connectivity index (χ3n) is 2.04. The summed E-state index contributed by atoms with van der Waals surface area (Å²) < 4.78 is 13.7. The van der Waals surface area contributed by atoms with Gasteiger partial charge in [0, 0.05) is 6.54 Å². The summed E-state index contributed by atoms with van der Waals surface area (Å²) in [6, 6.07) is 4.54. The van der Waals surface area contributed by atoms with Crippen molar-refractivity contribution in [2.45, 2.75) is 19.4 Å².